The number of fused-ring (bicyclic) bond motifs is 16. The van der Waals surface area contributed by atoms with Crippen molar-refractivity contribution in [2.24, 2.45) is 0 Å². The molecule has 16 rings (SSSR count). The zero-order valence-electron chi connectivity index (χ0n) is 44.4. The van der Waals surface area contributed by atoms with Crippen molar-refractivity contribution in [3.8, 4) is 0 Å². The van der Waals surface area contributed by atoms with Crippen molar-refractivity contribution in [1.82, 2.24) is 0 Å². The summed E-state index contributed by atoms with van der Waals surface area (Å²) in [4.78, 5) is 36.1. The van der Waals surface area contributed by atoms with Gasteiger partial charge in [0.15, 0.2) is 11.6 Å². The summed E-state index contributed by atoms with van der Waals surface area (Å²) in [6.07, 6.45) is 0. The van der Waals surface area contributed by atoms with E-state index < -0.39 is 10.8 Å². The molecule has 4 heterocycles. The number of ketones is 2. The summed E-state index contributed by atoms with van der Waals surface area (Å²) in [6, 6.07) is 106. The lowest BCUT2D eigenvalue weighted by Gasteiger charge is -2.49. The van der Waals surface area contributed by atoms with Crippen LogP contribution in [0.3, 0.4) is 0 Å². The highest BCUT2D eigenvalue weighted by atomic mass is 32.2. The molecule has 6 heteroatoms. The molecule has 12 aromatic carbocycles. The standard InChI is InChI=1S/2C38H25NOS/c2*40-37(26-12-2-1-3-13-26)27-22-24-28(25-23-27)39-33-18-8-4-14-29(33)38(30-15-5-9-19-34(30)39)31-16-6-10-20-35(31)41-36-21-11-7-17-32(36)38/h2*1-25H. The van der Waals surface area contributed by atoms with Gasteiger partial charge >= 0.3 is 0 Å². The Bertz CT molecular complexity index is 3990. The molecule has 0 aromatic heterocycles. The molecule has 0 unspecified atom stereocenters. The molecule has 0 fully saturated rings. The monoisotopic (exact) mass is 1090 g/mol. The second-order valence-electron chi connectivity index (χ2n) is 20.9. The maximum atomic E-state index is 13.2. The summed E-state index contributed by atoms with van der Waals surface area (Å²) in [5, 5.41) is 0. The van der Waals surface area contributed by atoms with Crippen LogP contribution in [0.2, 0.25) is 0 Å². The fourth-order valence-electron chi connectivity index (χ4n) is 13.2. The topological polar surface area (TPSA) is 40.6 Å². The van der Waals surface area contributed by atoms with E-state index in [2.05, 4.69) is 228 Å². The maximum Gasteiger partial charge on any atom is 0.193 e. The number of hydrogen-bond acceptors (Lipinski definition) is 6. The van der Waals surface area contributed by atoms with Gasteiger partial charge in [0.2, 0.25) is 0 Å². The highest BCUT2D eigenvalue weighted by Gasteiger charge is 2.52. The number of benzene rings is 12. The molecule has 0 radical (unpaired) electrons. The number of nitrogens with zero attached hydrogens (tertiary/aromatic N) is 2. The van der Waals surface area contributed by atoms with E-state index in [1.807, 2.05) is 108 Å². The minimum atomic E-state index is -0.453. The van der Waals surface area contributed by atoms with Gasteiger partial charge in [0, 0.05) is 53.2 Å². The summed E-state index contributed by atoms with van der Waals surface area (Å²) in [7, 11) is 0. The van der Waals surface area contributed by atoms with Gasteiger partial charge in [-0.3, -0.25) is 9.59 Å². The average Bonchev–Trinajstić information content (AvgIpc) is 2.37. The first-order chi connectivity index (χ1) is 40.5. The molecule has 0 atom stereocenters. The molecule has 388 valence electrons. The van der Waals surface area contributed by atoms with E-state index >= 15 is 0 Å². The van der Waals surface area contributed by atoms with E-state index in [0.29, 0.717) is 22.3 Å². The van der Waals surface area contributed by atoms with Crippen LogP contribution in [0.1, 0.15) is 76.4 Å². The summed E-state index contributed by atoms with van der Waals surface area (Å²) in [5.41, 5.74) is 18.7. The summed E-state index contributed by atoms with van der Waals surface area (Å²) < 4.78 is 0. The van der Waals surface area contributed by atoms with Crippen LogP contribution in [-0.4, -0.2) is 11.6 Å². The van der Waals surface area contributed by atoms with Crippen molar-refractivity contribution < 1.29 is 9.59 Å². The highest BCUT2D eigenvalue weighted by Crippen LogP contribution is 2.64. The van der Waals surface area contributed by atoms with Crippen LogP contribution >= 0.6 is 23.5 Å². The lowest BCUT2D eigenvalue weighted by atomic mass is 9.62. The van der Waals surface area contributed by atoms with E-state index in [1.165, 1.54) is 64.1 Å². The van der Waals surface area contributed by atoms with Crippen molar-refractivity contribution in [2.45, 2.75) is 30.4 Å². The van der Waals surface area contributed by atoms with E-state index in [0.717, 1.165) is 34.1 Å². The molecule has 0 aliphatic carbocycles. The molecule has 2 spiro atoms. The Labute approximate surface area is 486 Å². The Hall–Kier alpha value is -9.72. The number of carbonyl (C=O) groups is 2. The summed E-state index contributed by atoms with van der Waals surface area (Å²) in [5.74, 6) is 0.0620. The number of para-hydroxylation sites is 4. The lowest BCUT2D eigenvalue weighted by molar-refractivity contribution is 0.103. The number of hydrogen-bond donors (Lipinski definition) is 0. The Kier molecular flexibility index (Phi) is 12.1. The normalized spacial score (nSPS) is 14.0. The van der Waals surface area contributed by atoms with E-state index in [4.69, 9.17) is 0 Å². The molecule has 0 saturated heterocycles. The van der Waals surface area contributed by atoms with Gasteiger partial charge in [-0.05, 0) is 142 Å². The Balaban J connectivity index is 0.000000140. The van der Waals surface area contributed by atoms with Crippen LogP contribution in [0, 0.1) is 0 Å². The molecular formula is C76H50N2O2S2. The zero-order chi connectivity index (χ0) is 54.8. The van der Waals surface area contributed by atoms with Gasteiger partial charge in [0.25, 0.3) is 0 Å². The average molecular weight is 1090 g/mol. The first-order valence-electron chi connectivity index (χ1n) is 27.6. The second kappa shape index (κ2) is 20.1. The van der Waals surface area contributed by atoms with Crippen molar-refractivity contribution in [3.63, 3.8) is 0 Å². The van der Waals surface area contributed by atoms with Crippen molar-refractivity contribution in [2.75, 3.05) is 9.80 Å². The Morgan fingerprint density at radius 3 is 0.732 bits per heavy atom. The smallest absolute Gasteiger partial charge is 0.193 e. The second-order valence-corrected chi connectivity index (χ2v) is 23.1. The van der Waals surface area contributed by atoms with Crippen LogP contribution in [0.25, 0.3) is 0 Å². The summed E-state index contributed by atoms with van der Waals surface area (Å²) in [6.45, 7) is 0. The Morgan fingerprint density at radius 2 is 0.451 bits per heavy atom. The van der Waals surface area contributed by atoms with Gasteiger partial charge in [-0.2, -0.15) is 0 Å². The lowest BCUT2D eigenvalue weighted by Crippen LogP contribution is -2.39. The van der Waals surface area contributed by atoms with Crippen molar-refractivity contribution >= 4 is 69.2 Å². The van der Waals surface area contributed by atoms with Gasteiger partial charge in [-0.1, -0.05) is 230 Å². The first-order valence-corrected chi connectivity index (χ1v) is 29.3. The van der Waals surface area contributed by atoms with E-state index in [1.54, 1.807) is 0 Å². The Morgan fingerprint density at radius 1 is 0.232 bits per heavy atom. The first kappa shape index (κ1) is 49.3. The van der Waals surface area contributed by atoms with Gasteiger partial charge < -0.3 is 9.80 Å². The summed E-state index contributed by atoms with van der Waals surface area (Å²) >= 11 is 3.71. The van der Waals surface area contributed by atoms with E-state index in [9.17, 15) is 9.59 Å². The minimum Gasteiger partial charge on any atom is -0.310 e. The van der Waals surface area contributed by atoms with Gasteiger partial charge in [0.05, 0.1) is 33.6 Å². The largest absolute Gasteiger partial charge is 0.310 e. The fourth-order valence-corrected chi connectivity index (χ4v) is 15.6. The molecule has 4 nitrogen and oxygen atoms in total. The molecule has 12 aromatic rings. The number of rotatable bonds is 6. The molecule has 4 aliphatic heterocycles. The van der Waals surface area contributed by atoms with E-state index in [-0.39, 0.29) is 11.6 Å². The number of carbonyl (C=O) groups excluding carboxylic acids is 2. The van der Waals surface area contributed by atoms with Crippen LogP contribution in [0.4, 0.5) is 34.1 Å². The third kappa shape index (κ3) is 7.63. The molecule has 82 heavy (non-hydrogen) atoms. The number of anilines is 6. The fraction of sp³-hybridized carbons (Fsp3) is 0.0263. The van der Waals surface area contributed by atoms with Gasteiger partial charge in [-0.15, -0.1) is 0 Å². The highest BCUT2D eigenvalue weighted by molar-refractivity contribution is 7.99. The molecule has 0 saturated carbocycles. The van der Waals surface area contributed by atoms with Crippen molar-refractivity contribution in [3.05, 3.63) is 370 Å². The van der Waals surface area contributed by atoms with Crippen LogP contribution in [-0.2, 0) is 10.8 Å². The van der Waals surface area contributed by atoms with Crippen molar-refractivity contribution in [1.29, 1.82) is 0 Å². The third-order valence-corrected chi connectivity index (χ3v) is 19.0. The molecule has 4 aliphatic rings. The minimum absolute atomic E-state index is 0.0310. The molecular weight excluding hydrogens is 1040 g/mol. The van der Waals surface area contributed by atoms with Crippen LogP contribution in [0.5, 0.6) is 0 Å². The molecule has 0 amide bonds. The predicted octanol–water partition coefficient (Wildman–Crippen LogP) is 19.1. The van der Waals surface area contributed by atoms with Gasteiger partial charge in [-0.25, -0.2) is 0 Å². The van der Waals surface area contributed by atoms with Gasteiger partial charge in [0.1, 0.15) is 0 Å². The molecule has 0 bridgehead atoms. The SMILES string of the molecule is O=C(c1ccccc1)c1ccc(N2c3ccccc3C3(c4ccccc4Sc4ccccc43)c3ccccc32)cc1.O=C(c1ccccc1)c1ccc(N2c3ccccc3C3(c4ccccc4Sc4ccccc43)c3ccccc32)cc1. The quantitative estimate of drug-likeness (QED) is 0.155. The maximum absolute atomic E-state index is 13.2. The third-order valence-electron chi connectivity index (χ3n) is 16.6. The predicted molar refractivity (Wildman–Crippen MR) is 334 cm³/mol. The van der Waals surface area contributed by atoms with Crippen LogP contribution < -0.4 is 9.80 Å². The van der Waals surface area contributed by atoms with Crippen LogP contribution in [0.15, 0.2) is 323 Å². The molecule has 0 N–H and O–H groups in total. The zero-order valence-corrected chi connectivity index (χ0v) is 46.0.